The minimum atomic E-state index is -3.51. The molecule has 0 radical (unpaired) electrons. The normalized spacial score (nSPS) is 21.1. The minimum absolute atomic E-state index is 0.0793. The minimum Gasteiger partial charge on any atom is -0.338 e. The van der Waals surface area contributed by atoms with Gasteiger partial charge in [0, 0.05) is 31.1 Å². The Morgan fingerprint density at radius 1 is 1.10 bits per heavy atom. The van der Waals surface area contributed by atoms with Gasteiger partial charge in [-0.25, -0.2) is 8.42 Å². The fourth-order valence-electron chi connectivity index (χ4n) is 4.08. The van der Waals surface area contributed by atoms with Crippen molar-refractivity contribution in [2.45, 2.75) is 30.4 Å². The topological polar surface area (TPSA) is 57.7 Å². The maximum Gasteiger partial charge on any atom is 0.252 e. The molecular formula is C22H26N2O3S2. The lowest BCUT2D eigenvalue weighted by Gasteiger charge is -2.35. The molecule has 0 N–H and O–H groups in total. The fraction of sp³-hybridized carbons (Fsp3) is 0.409. The highest BCUT2D eigenvalue weighted by Gasteiger charge is 2.35. The van der Waals surface area contributed by atoms with Crippen LogP contribution < -0.4 is 0 Å². The van der Waals surface area contributed by atoms with Gasteiger partial charge in [0.05, 0.1) is 5.92 Å². The molecule has 1 aromatic heterocycles. The molecule has 0 aliphatic carbocycles. The van der Waals surface area contributed by atoms with E-state index in [-0.39, 0.29) is 18.4 Å². The summed E-state index contributed by atoms with van der Waals surface area (Å²) in [6, 6.07) is 13.7. The smallest absolute Gasteiger partial charge is 0.252 e. The van der Waals surface area contributed by atoms with Crippen LogP contribution in [0.2, 0.25) is 0 Å². The number of carbonyl (C=O) groups excluding carboxylic acids is 1. The number of sulfonamides is 1. The molecule has 1 fully saturated rings. The van der Waals surface area contributed by atoms with E-state index in [1.807, 2.05) is 36.1 Å². The van der Waals surface area contributed by atoms with Gasteiger partial charge in [0.25, 0.3) is 10.0 Å². The molecule has 2 aromatic rings. The maximum atomic E-state index is 13.1. The average molecular weight is 431 g/mol. The Kier molecular flexibility index (Phi) is 5.90. The zero-order chi connectivity index (χ0) is 20.4. The number of thiophene rings is 1. The van der Waals surface area contributed by atoms with Crippen LogP contribution in [0.5, 0.6) is 0 Å². The Labute approximate surface area is 176 Å². The van der Waals surface area contributed by atoms with Crippen LogP contribution in [-0.4, -0.2) is 49.7 Å². The molecule has 154 valence electrons. The SMILES string of the molecule is Cc1ccc(S(=O)(=O)N2CCCC(C(=O)N3CC=C(c4ccccc4)CC3)C2)s1. The van der Waals surface area contributed by atoms with Gasteiger partial charge >= 0.3 is 0 Å². The van der Waals surface area contributed by atoms with Crippen LogP contribution in [0.4, 0.5) is 0 Å². The molecule has 2 aliphatic heterocycles. The van der Waals surface area contributed by atoms with Gasteiger partial charge in [-0.3, -0.25) is 4.79 Å². The number of hydrogen-bond donors (Lipinski definition) is 0. The van der Waals surface area contributed by atoms with Crippen LogP contribution in [0, 0.1) is 12.8 Å². The van der Waals surface area contributed by atoms with Crippen LogP contribution in [0.3, 0.4) is 0 Å². The van der Waals surface area contributed by atoms with Crippen molar-refractivity contribution in [3.05, 3.63) is 59.0 Å². The number of rotatable bonds is 4. The summed E-state index contributed by atoms with van der Waals surface area (Å²) in [5.41, 5.74) is 2.48. The lowest BCUT2D eigenvalue weighted by Crippen LogP contribution is -2.47. The summed E-state index contributed by atoms with van der Waals surface area (Å²) in [5, 5.41) is 0. The van der Waals surface area contributed by atoms with Crippen molar-refractivity contribution in [1.29, 1.82) is 0 Å². The van der Waals surface area contributed by atoms with E-state index in [2.05, 4.69) is 18.2 Å². The van der Waals surface area contributed by atoms with Gasteiger partial charge in [0.2, 0.25) is 5.91 Å². The monoisotopic (exact) mass is 430 g/mol. The standard InChI is InChI=1S/C22H26N2O3S2/c1-17-9-10-21(28-17)29(26,27)24-13-5-8-20(16-24)22(25)23-14-11-19(12-15-23)18-6-3-2-4-7-18/h2-4,6-7,9-11,20H,5,8,12-16H2,1H3. The lowest BCUT2D eigenvalue weighted by molar-refractivity contribution is -0.136. The van der Waals surface area contributed by atoms with Crippen LogP contribution in [-0.2, 0) is 14.8 Å². The Morgan fingerprint density at radius 2 is 1.90 bits per heavy atom. The van der Waals surface area contributed by atoms with Crippen molar-refractivity contribution in [3.63, 3.8) is 0 Å². The molecular weight excluding hydrogens is 404 g/mol. The summed E-state index contributed by atoms with van der Waals surface area (Å²) in [6.07, 6.45) is 4.43. The third-order valence-corrected chi connectivity index (χ3v) is 9.04. The van der Waals surface area contributed by atoms with E-state index in [1.54, 1.807) is 6.07 Å². The molecule has 1 amide bonds. The molecule has 1 saturated heterocycles. The molecule has 0 spiro atoms. The third-order valence-electron chi connectivity index (χ3n) is 5.71. The molecule has 0 bridgehead atoms. The molecule has 1 atom stereocenters. The fourth-order valence-corrected chi connectivity index (χ4v) is 7.04. The zero-order valence-electron chi connectivity index (χ0n) is 16.6. The molecule has 0 saturated carbocycles. The van der Waals surface area contributed by atoms with Gasteiger partial charge < -0.3 is 4.90 Å². The number of hydrogen-bond acceptors (Lipinski definition) is 4. The van der Waals surface area contributed by atoms with E-state index in [0.717, 1.165) is 24.1 Å². The summed E-state index contributed by atoms with van der Waals surface area (Å²) in [4.78, 5) is 15.9. The van der Waals surface area contributed by atoms with Gasteiger partial charge in [-0.1, -0.05) is 36.4 Å². The van der Waals surface area contributed by atoms with Gasteiger partial charge in [-0.15, -0.1) is 11.3 Å². The number of piperidine rings is 1. The summed E-state index contributed by atoms with van der Waals surface area (Å²) >= 11 is 1.29. The Bertz CT molecular complexity index is 1010. The van der Waals surface area contributed by atoms with E-state index in [9.17, 15) is 13.2 Å². The third kappa shape index (κ3) is 4.32. The summed E-state index contributed by atoms with van der Waals surface area (Å²) < 4.78 is 27.8. The highest BCUT2D eigenvalue weighted by Crippen LogP contribution is 2.30. The molecule has 5 nitrogen and oxygen atoms in total. The Morgan fingerprint density at radius 3 is 2.55 bits per heavy atom. The zero-order valence-corrected chi connectivity index (χ0v) is 18.2. The number of nitrogens with zero attached hydrogens (tertiary/aromatic N) is 2. The predicted molar refractivity (Wildman–Crippen MR) is 116 cm³/mol. The second kappa shape index (κ2) is 8.42. The van der Waals surface area contributed by atoms with Gasteiger partial charge in [-0.2, -0.15) is 4.31 Å². The Hall–Kier alpha value is -1.96. The van der Waals surface area contributed by atoms with E-state index in [1.165, 1.54) is 26.8 Å². The van der Waals surface area contributed by atoms with Crippen LogP contribution >= 0.6 is 11.3 Å². The molecule has 4 rings (SSSR count). The first-order valence-corrected chi connectivity index (χ1v) is 12.3. The van der Waals surface area contributed by atoms with Crippen molar-refractivity contribution >= 4 is 32.8 Å². The van der Waals surface area contributed by atoms with Crippen LogP contribution in [0.25, 0.3) is 5.57 Å². The molecule has 3 heterocycles. The van der Waals surface area contributed by atoms with E-state index in [0.29, 0.717) is 23.8 Å². The lowest BCUT2D eigenvalue weighted by atomic mass is 9.95. The van der Waals surface area contributed by atoms with Gasteiger partial charge in [-0.05, 0) is 49.5 Å². The van der Waals surface area contributed by atoms with Gasteiger partial charge in [0.15, 0.2) is 0 Å². The molecule has 1 unspecified atom stereocenters. The van der Waals surface area contributed by atoms with Crippen molar-refractivity contribution in [1.82, 2.24) is 9.21 Å². The molecule has 7 heteroatoms. The summed E-state index contributed by atoms with van der Waals surface area (Å²) in [5.74, 6) is -0.179. The first kappa shape index (κ1) is 20.3. The first-order valence-electron chi connectivity index (χ1n) is 10.0. The average Bonchev–Trinajstić information content (AvgIpc) is 3.21. The van der Waals surface area contributed by atoms with Gasteiger partial charge in [0.1, 0.15) is 4.21 Å². The number of benzene rings is 1. The summed E-state index contributed by atoms with van der Waals surface area (Å²) in [6.45, 7) is 3.95. The van der Waals surface area contributed by atoms with Crippen molar-refractivity contribution in [2.24, 2.45) is 5.92 Å². The van der Waals surface area contributed by atoms with Crippen LogP contribution in [0.1, 0.15) is 29.7 Å². The maximum absolute atomic E-state index is 13.1. The number of aryl methyl sites for hydroxylation is 1. The number of amides is 1. The number of carbonyl (C=O) groups is 1. The predicted octanol–water partition coefficient (Wildman–Crippen LogP) is 3.77. The first-order chi connectivity index (χ1) is 13.9. The van der Waals surface area contributed by atoms with E-state index >= 15 is 0 Å². The van der Waals surface area contributed by atoms with Crippen molar-refractivity contribution in [3.8, 4) is 0 Å². The second-order valence-electron chi connectivity index (χ2n) is 7.70. The van der Waals surface area contributed by atoms with E-state index in [4.69, 9.17) is 0 Å². The van der Waals surface area contributed by atoms with Crippen molar-refractivity contribution < 1.29 is 13.2 Å². The highest BCUT2D eigenvalue weighted by atomic mass is 32.2. The molecule has 1 aromatic carbocycles. The molecule has 2 aliphatic rings. The summed E-state index contributed by atoms with van der Waals surface area (Å²) in [7, 11) is -3.51. The Balaban J connectivity index is 1.42. The van der Waals surface area contributed by atoms with Crippen molar-refractivity contribution in [2.75, 3.05) is 26.2 Å². The van der Waals surface area contributed by atoms with E-state index < -0.39 is 10.0 Å². The highest BCUT2D eigenvalue weighted by molar-refractivity contribution is 7.91. The largest absolute Gasteiger partial charge is 0.338 e. The quantitative estimate of drug-likeness (QED) is 0.742. The second-order valence-corrected chi connectivity index (χ2v) is 11.1. The molecule has 29 heavy (non-hydrogen) atoms. The van der Waals surface area contributed by atoms with Crippen LogP contribution in [0.15, 0.2) is 52.7 Å².